The van der Waals surface area contributed by atoms with Crippen LogP contribution in [0.25, 0.3) is 0 Å². The van der Waals surface area contributed by atoms with Crippen molar-refractivity contribution in [3.05, 3.63) is 53.9 Å². The van der Waals surface area contributed by atoms with Gasteiger partial charge in [-0.05, 0) is 25.1 Å². The molecule has 2 aromatic rings. The number of benzene rings is 1. The second-order valence-corrected chi connectivity index (χ2v) is 4.16. The molecule has 0 aliphatic heterocycles. The van der Waals surface area contributed by atoms with E-state index in [0.717, 1.165) is 11.3 Å². The average molecular weight is 259 g/mol. The molecule has 0 saturated carbocycles. The summed E-state index contributed by atoms with van der Waals surface area (Å²) in [5, 5.41) is 9.16. The lowest BCUT2D eigenvalue weighted by Gasteiger charge is -2.18. The molecule has 1 aromatic heterocycles. The smallest absolute Gasteiger partial charge is 0.238 e. The molecule has 0 saturated heterocycles. The molecule has 0 aliphatic rings. The Kier molecular flexibility index (Phi) is 4.36. The third-order valence-electron chi connectivity index (χ3n) is 2.75. The summed E-state index contributed by atoms with van der Waals surface area (Å²) in [5.74, 6) is 1.42. The van der Waals surface area contributed by atoms with Gasteiger partial charge in [-0.2, -0.15) is 0 Å². The van der Waals surface area contributed by atoms with Crippen molar-refractivity contribution in [1.29, 1.82) is 0 Å². The molecule has 0 radical (unpaired) electrons. The van der Waals surface area contributed by atoms with Gasteiger partial charge in [-0.25, -0.2) is 0 Å². The van der Waals surface area contributed by atoms with Gasteiger partial charge in [0.05, 0.1) is 12.3 Å². The van der Waals surface area contributed by atoms with Crippen LogP contribution in [-0.4, -0.2) is 16.4 Å². The van der Waals surface area contributed by atoms with Gasteiger partial charge in [0, 0.05) is 18.7 Å². The highest BCUT2D eigenvalue weighted by atomic mass is 16.7. The lowest BCUT2D eigenvalue weighted by atomic mass is 10.2. The summed E-state index contributed by atoms with van der Waals surface area (Å²) >= 11 is 0. The summed E-state index contributed by atoms with van der Waals surface area (Å²) in [4.78, 5) is 4.08. The predicted octanol–water partition coefficient (Wildman–Crippen LogP) is 2.69. The monoisotopic (exact) mass is 259 g/mol. The molecule has 19 heavy (non-hydrogen) atoms. The number of pyridine rings is 1. The van der Waals surface area contributed by atoms with E-state index < -0.39 is 6.29 Å². The van der Waals surface area contributed by atoms with Crippen molar-refractivity contribution < 1.29 is 14.6 Å². The van der Waals surface area contributed by atoms with Gasteiger partial charge in [0.25, 0.3) is 0 Å². The maximum absolute atomic E-state index is 9.16. The third kappa shape index (κ3) is 3.45. The van der Waals surface area contributed by atoms with Crippen LogP contribution in [-0.2, 0) is 6.61 Å². The van der Waals surface area contributed by atoms with Crippen LogP contribution in [0.15, 0.2) is 42.6 Å². The van der Waals surface area contributed by atoms with Gasteiger partial charge in [-0.1, -0.05) is 18.2 Å². The van der Waals surface area contributed by atoms with Crippen LogP contribution in [0.2, 0.25) is 0 Å². The summed E-state index contributed by atoms with van der Waals surface area (Å²) in [7, 11) is 0. The Morgan fingerprint density at radius 2 is 1.89 bits per heavy atom. The Morgan fingerprint density at radius 1 is 1.16 bits per heavy atom. The zero-order chi connectivity index (χ0) is 13.7. The first-order valence-corrected chi connectivity index (χ1v) is 6.14. The molecule has 2 rings (SSSR count). The maximum Gasteiger partial charge on any atom is 0.238 e. The van der Waals surface area contributed by atoms with E-state index in [-0.39, 0.29) is 6.61 Å². The number of hydrogen-bond acceptors (Lipinski definition) is 4. The van der Waals surface area contributed by atoms with Gasteiger partial charge in [-0.3, -0.25) is 4.98 Å². The van der Waals surface area contributed by atoms with Crippen LogP contribution in [0, 0.1) is 6.92 Å². The highest BCUT2D eigenvalue weighted by Gasteiger charge is 2.10. The first-order valence-electron chi connectivity index (χ1n) is 6.14. The number of hydrogen-bond donors (Lipinski definition) is 1. The standard InChI is InChI=1S/C15H17NO3/c1-11-14(10-17)16-9-8-15(11)19-12(2)18-13-6-4-3-5-7-13/h3-9,12,17H,10H2,1-2H3. The van der Waals surface area contributed by atoms with E-state index in [9.17, 15) is 0 Å². The van der Waals surface area contributed by atoms with E-state index in [1.807, 2.05) is 44.2 Å². The molecule has 0 bridgehead atoms. The van der Waals surface area contributed by atoms with Crippen LogP contribution in [0.4, 0.5) is 0 Å². The van der Waals surface area contributed by atoms with E-state index >= 15 is 0 Å². The second kappa shape index (κ2) is 6.20. The average Bonchev–Trinajstić information content (AvgIpc) is 2.42. The van der Waals surface area contributed by atoms with Gasteiger partial charge in [0.2, 0.25) is 6.29 Å². The van der Waals surface area contributed by atoms with Crippen molar-refractivity contribution >= 4 is 0 Å². The fourth-order valence-corrected chi connectivity index (χ4v) is 1.74. The molecule has 1 unspecified atom stereocenters. The highest BCUT2D eigenvalue weighted by molar-refractivity contribution is 5.34. The molecular weight excluding hydrogens is 242 g/mol. The van der Waals surface area contributed by atoms with Crippen molar-refractivity contribution in [2.75, 3.05) is 0 Å². The van der Waals surface area contributed by atoms with Crippen LogP contribution >= 0.6 is 0 Å². The Labute approximate surface area is 112 Å². The number of aromatic nitrogens is 1. The molecule has 0 aliphatic carbocycles. The molecule has 100 valence electrons. The van der Waals surface area contributed by atoms with Gasteiger partial charge in [0.15, 0.2) is 0 Å². The van der Waals surface area contributed by atoms with Crippen molar-refractivity contribution in [3.8, 4) is 11.5 Å². The summed E-state index contributed by atoms with van der Waals surface area (Å²) in [6.45, 7) is 3.59. The molecular formula is C15H17NO3. The zero-order valence-corrected chi connectivity index (χ0v) is 11.0. The third-order valence-corrected chi connectivity index (χ3v) is 2.75. The van der Waals surface area contributed by atoms with E-state index in [2.05, 4.69) is 4.98 Å². The molecule has 0 spiro atoms. The molecule has 0 fully saturated rings. The molecule has 1 atom stereocenters. The number of rotatable bonds is 5. The van der Waals surface area contributed by atoms with Crippen molar-refractivity contribution in [2.24, 2.45) is 0 Å². The van der Waals surface area contributed by atoms with Crippen LogP contribution in [0.1, 0.15) is 18.2 Å². The maximum atomic E-state index is 9.16. The molecule has 1 aromatic carbocycles. The Hall–Kier alpha value is -2.07. The van der Waals surface area contributed by atoms with Crippen LogP contribution in [0.3, 0.4) is 0 Å². The minimum atomic E-state index is -0.421. The number of para-hydroxylation sites is 1. The molecule has 1 heterocycles. The van der Waals surface area contributed by atoms with Gasteiger partial charge < -0.3 is 14.6 Å². The van der Waals surface area contributed by atoms with E-state index in [4.69, 9.17) is 14.6 Å². The van der Waals surface area contributed by atoms with E-state index in [1.165, 1.54) is 0 Å². The second-order valence-electron chi connectivity index (χ2n) is 4.16. The molecule has 4 nitrogen and oxygen atoms in total. The zero-order valence-electron chi connectivity index (χ0n) is 11.0. The summed E-state index contributed by atoms with van der Waals surface area (Å²) in [6, 6.07) is 11.3. The van der Waals surface area contributed by atoms with Crippen molar-refractivity contribution in [2.45, 2.75) is 26.7 Å². The Bertz CT molecular complexity index is 528. The van der Waals surface area contributed by atoms with E-state index in [0.29, 0.717) is 11.4 Å². The van der Waals surface area contributed by atoms with Crippen molar-refractivity contribution in [1.82, 2.24) is 4.98 Å². The van der Waals surface area contributed by atoms with E-state index in [1.54, 1.807) is 12.3 Å². The van der Waals surface area contributed by atoms with Gasteiger partial charge in [0.1, 0.15) is 11.5 Å². The minimum Gasteiger partial charge on any atom is -0.455 e. The first kappa shape index (κ1) is 13.4. The summed E-state index contributed by atoms with van der Waals surface area (Å²) in [6.07, 6.45) is 1.19. The molecule has 1 N–H and O–H groups in total. The quantitative estimate of drug-likeness (QED) is 0.839. The van der Waals surface area contributed by atoms with Gasteiger partial charge in [-0.15, -0.1) is 0 Å². The normalized spacial score (nSPS) is 11.9. The predicted molar refractivity (Wildman–Crippen MR) is 72.1 cm³/mol. The molecule has 4 heteroatoms. The topological polar surface area (TPSA) is 51.6 Å². The lowest BCUT2D eigenvalue weighted by molar-refractivity contribution is 0.0215. The number of aliphatic hydroxyl groups is 1. The lowest BCUT2D eigenvalue weighted by Crippen LogP contribution is -2.20. The van der Waals surface area contributed by atoms with Crippen LogP contribution < -0.4 is 9.47 Å². The van der Waals surface area contributed by atoms with Crippen molar-refractivity contribution in [3.63, 3.8) is 0 Å². The SMILES string of the molecule is Cc1c(OC(C)Oc2ccccc2)ccnc1CO. The Morgan fingerprint density at radius 3 is 2.58 bits per heavy atom. The fourth-order valence-electron chi connectivity index (χ4n) is 1.74. The van der Waals surface area contributed by atoms with Gasteiger partial charge >= 0.3 is 0 Å². The molecule has 0 amide bonds. The number of nitrogens with zero attached hydrogens (tertiary/aromatic N) is 1. The minimum absolute atomic E-state index is 0.100. The number of aliphatic hydroxyl groups excluding tert-OH is 1. The first-order chi connectivity index (χ1) is 9.20. The number of ether oxygens (including phenoxy) is 2. The Balaban J connectivity index is 2.05. The van der Waals surface area contributed by atoms with Crippen LogP contribution in [0.5, 0.6) is 11.5 Å². The highest BCUT2D eigenvalue weighted by Crippen LogP contribution is 2.21. The summed E-state index contributed by atoms with van der Waals surface area (Å²) in [5.41, 5.74) is 1.44. The summed E-state index contributed by atoms with van der Waals surface area (Å²) < 4.78 is 11.4. The largest absolute Gasteiger partial charge is 0.455 e. The fraction of sp³-hybridized carbons (Fsp3) is 0.267.